The third-order valence-electron chi connectivity index (χ3n) is 3.05. The van der Waals surface area contributed by atoms with Crippen molar-refractivity contribution in [2.24, 2.45) is 5.73 Å². The molecule has 3 heteroatoms. The zero-order chi connectivity index (χ0) is 13.8. The third kappa shape index (κ3) is 3.26. The number of aryl methyl sites for hydroxylation is 2. The minimum absolute atomic E-state index is 0.257. The van der Waals surface area contributed by atoms with Gasteiger partial charge < -0.3 is 15.6 Å². The van der Waals surface area contributed by atoms with Crippen molar-refractivity contribution in [3.05, 3.63) is 58.7 Å². The van der Waals surface area contributed by atoms with Gasteiger partial charge in [-0.3, -0.25) is 0 Å². The van der Waals surface area contributed by atoms with Gasteiger partial charge in [-0.2, -0.15) is 0 Å². The first-order chi connectivity index (χ1) is 9.10. The first-order valence-corrected chi connectivity index (χ1v) is 6.31. The summed E-state index contributed by atoms with van der Waals surface area (Å²) in [5.74, 6) is 1.15. The number of phenols is 1. The van der Waals surface area contributed by atoms with Crippen molar-refractivity contribution in [3.8, 4) is 11.5 Å². The first kappa shape index (κ1) is 13.4. The first-order valence-electron chi connectivity index (χ1n) is 6.31. The highest BCUT2D eigenvalue weighted by atomic mass is 16.5. The Morgan fingerprint density at radius 2 is 1.74 bits per heavy atom. The number of hydrogen-bond acceptors (Lipinski definition) is 3. The van der Waals surface area contributed by atoms with Gasteiger partial charge >= 0.3 is 0 Å². The quantitative estimate of drug-likeness (QED) is 0.885. The molecule has 0 aliphatic carbocycles. The molecule has 0 aliphatic heterocycles. The summed E-state index contributed by atoms with van der Waals surface area (Å²) in [6.45, 7) is 5.01. The molecule has 0 spiro atoms. The lowest BCUT2D eigenvalue weighted by atomic mass is 10.1. The molecular weight excluding hydrogens is 238 g/mol. The molecule has 100 valence electrons. The van der Waals surface area contributed by atoms with Gasteiger partial charge in [0, 0.05) is 6.54 Å². The lowest BCUT2D eigenvalue weighted by molar-refractivity contribution is 0.301. The van der Waals surface area contributed by atoms with E-state index >= 15 is 0 Å². The summed E-state index contributed by atoms with van der Waals surface area (Å²) < 4.78 is 5.86. The van der Waals surface area contributed by atoms with Crippen LogP contribution >= 0.6 is 0 Å². The molecule has 0 bridgehead atoms. The second-order valence-electron chi connectivity index (χ2n) is 4.72. The Morgan fingerprint density at radius 3 is 2.32 bits per heavy atom. The number of ether oxygens (including phenoxy) is 1. The van der Waals surface area contributed by atoms with E-state index < -0.39 is 0 Å². The highest BCUT2D eigenvalue weighted by Gasteiger charge is 2.06. The molecule has 0 aromatic heterocycles. The molecule has 2 aromatic carbocycles. The van der Waals surface area contributed by atoms with Crippen LogP contribution in [0.5, 0.6) is 11.5 Å². The standard InChI is InChI=1S/C16H19NO2/c1-11-6-14(9-17)7-12(2)16(11)19-10-13-4-3-5-15(18)8-13/h3-8,18H,9-10,17H2,1-2H3. The van der Waals surface area contributed by atoms with E-state index in [0.717, 1.165) is 28.0 Å². The van der Waals surface area contributed by atoms with Gasteiger partial charge in [0.05, 0.1) is 0 Å². The fraction of sp³-hybridized carbons (Fsp3) is 0.250. The molecule has 0 amide bonds. The van der Waals surface area contributed by atoms with Gasteiger partial charge in [0.2, 0.25) is 0 Å². The van der Waals surface area contributed by atoms with Crippen molar-refractivity contribution in [1.82, 2.24) is 0 Å². The normalized spacial score (nSPS) is 10.5. The molecule has 0 unspecified atom stereocenters. The van der Waals surface area contributed by atoms with E-state index in [-0.39, 0.29) is 5.75 Å². The molecule has 2 rings (SSSR count). The minimum atomic E-state index is 0.257. The van der Waals surface area contributed by atoms with Crippen molar-refractivity contribution in [2.75, 3.05) is 0 Å². The fourth-order valence-corrected chi connectivity index (χ4v) is 2.19. The molecule has 0 radical (unpaired) electrons. The minimum Gasteiger partial charge on any atom is -0.508 e. The molecule has 0 atom stereocenters. The third-order valence-corrected chi connectivity index (χ3v) is 3.05. The molecule has 2 aromatic rings. The molecular formula is C16H19NO2. The molecule has 3 nitrogen and oxygen atoms in total. The van der Waals surface area contributed by atoms with Gasteiger partial charge in [0.25, 0.3) is 0 Å². The van der Waals surface area contributed by atoms with Gasteiger partial charge in [-0.25, -0.2) is 0 Å². The average Bonchev–Trinajstić information content (AvgIpc) is 2.37. The smallest absolute Gasteiger partial charge is 0.125 e. The number of phenolic OH excluding ortho intramolecular Hbond substituents is 1. The molecule has 0 fully saturated rings. The van der Waals surface area contributed by atoms with Crippen LogP contribution in [-0.2, 0) is 13.2 Å². The molecule has 0 saturated heterocycles. The molecule has 0 saturated carbocycles. The topological polar surface area (TPSA) is 55.5 Å². The van der Waals surface area contributed by atoms with E-state index in [1.54, 1.807) is 12.1 Å². The number of hydrogen-bond donors (Lipinski definition) is 2. The lowest BCUT2D eigenvalue weighted by Gasteiger charge is -2.14. The van der Waals surface area contributed by atoms with Crippen LogP contribution in [0.3, 0.4) is 0 Å². The van der Waals surface area contributed by atoms with Crippen LogP contribution in [0.15, 0.2) is 36.4 Å². The average molecular weight is 257 g/mol. The van der Waals surface area contributed by atoms with Gasteiger partial charge in [-0.15, -0.1) is 0 Å². The van der Waals surface area contributed by atoms with Crippen LogP contribution in [0, 0.1) is 13.8 Å². The SMILES string of the molecule is Cc1cc(CN)cc(C)c1OCc1cccc(O)c1. The van der Waals surface area contributed by atoms with Gasteiger partial charge in [-0.1, -0.05) is 24.3 Å². The Morgan fingerprint density at radius 1 is 1.05 bits per heavy atom. The highest BCUT2D eigenvalue weighted by Crippen LogP contribution is 2.26. The Labute approximate surface area is 113 Å². The van der Waals surface area contributed by atoms with Crippen LogP contribution in [0.4, 0.5) is 0 Å². The molecule has 19 heavy (non-hydrogen) atoms. The summed E-state index contributed by atoms with van der Waals surface area (Å²) >= 11 is 0. The predicted molar refractivity (Wildman–Crippen MR) is 76.2 cm³/mol. The monoisotopic (exact) mass is 257 g/mol. The summed E-state index contributed by atoms with van der Waals surface area (Å²) in [6, 6.07) is 11.2. The summed E-state index contributed by atoms with van der Waals surface area (Å²) in [6.07, 6.45) is 0. The van der Waals surface area contributed by atoms with Crippen molar-refractivity contribution < 1.29 is 9.84 Å². The molecule has 3 N–H and O–H groups in total. The largest absolute Gasteiger partial charge is 0.508 e. The molecule has 0 heterocycles. The summed E-state index contributed by atoms with van der Waals surface area (Å²) in [7, 11) is 0. The summed E-state index contributed by atoms with van der Waals surface area (Å²) in [5.41, 5.74) is 9.88. The Kier molecular flexibility index (Phi) is 4.07. The molecule has 0 aliphatic rings. The zero-order valence-electron chi connectivity index (χ0n) is 11.3. The van der Waals surface area contributed by atoms with Crippen LogP contribution < -0.4 is 10.5 Å². The Balaban J connectivity index is 2.16. The number of rotatable bonds is 4. The second kappa shape index (κ2) is 5.76. The van der Waals surface area contributed by atoms with E-state index in [9.17, 15) is 5.11 Å². The number of nitrogens with two attached hydrogens (primary N) is 1. The predicted octanol–water partition coefficient (Wildman–Crippen LogP) is 3.05. The van der Waals surface area contributed by atoms with Crippen molar-refractivity contribution in [1.29, 1.82) is 0 Å². The van der Waals surface area contributed by atoms with Gasteiger partial charge in [-0.05, 0) is 48.2 Å². The van der Waals surface area contributed by atoms with Crippen molar-refractivity contribution >= 4 is 0 Å². The maximum atomic E-state index is 9.42. The zero-order valence-corrected chi connectivity index (χ0v) is 11.3. The van der Waals surface area contributed by atoms with Crippen LogP contribution in [-0.4, -0.2) is 5.11 Å². The van der Waals surface area contributed by atoms with Gasteiger partial charge in [0.1, 0.15) is 18.1 Å². The Bertz CT molecular complexity index is 556. The summed E-state index contributed by atoms with van der Waals surface area (Å²) in [5, 5.41) is 9.42. The van der Waals surface area contributed by atoms with Crippen molar-refractivity contribution in [3.63, 3.8) is 0 Å². The number of aromatic hydroxyl groups is 1. The highest BCUT2D eigenvalue weighted by molar-refractivity contribution is 5.43. The van der Waals surface area contributed by atoms with Crippen LogP contribution in [0.25, 0.3) is 0 Å². The fourth-order valence-electron chi connectivity index (χ4n) is 2.19. The maximum absolute atomic E-state index is 9.42. The maximum Gasteiger partial charge on any atom is 0.125 e. The second-order valence-corrected chi connectivity index (χ2v) is 4.72. The van der Waals surface area contributed by atoms with E-state index in [4.69, 9.17) is 10.5 Å². The van der Waals surface area contributed by atoms with E-state index in [0.29, 0.717) is 13.2 Å². The van der Waals surface area contributed by atoms with E-state index in [2.05, 4.69) is 0 Å². The van der Waals surface area contributed by atoms with E-state index in [1.807, 2.05) is 38.1 Å². The van der Waals surface area contributed by atoms with E-state index in [1.165, 1.54) is 0 Å². The Hall–Kier alpha value is -2.00. The van der Waals surface area contributed by atoms with Gasteiger partial charge in [0.15, 0.2) is 0 Å². The summed E-state index contributed by atoms with van der Waals surface area (Å²) in [4.78, 5) is 0. The van der Waals surface area contributed by atoms with Crippen LogP contribution in [0.2, 0.25) is 0 Å². The van der Waals surface area contributed by atoms with Crippen molar-refractivity contribution in [2.45, 2.75) is 27.0 Å². The number of benzene rings is 2. The van der Waals surface area contributed by atoms with Crippen LogP contribution in [0.1, 0.15) is 22.3 Å². The lowest BCUT2D eigenvalue weighted by Crippen LogP contribution is -2.02.